The van der Waals surface area contributed by atoms with Crippen LogP contribution in [0.2, 0.25) is 10.0 Å². The Morgan fingerprint density at radius 1 is 0.812 bits per heavy atom. The Hall–Kier alpha value is -2.95. The van der Waals surface area contributed by atoms with Crippen LogP contribution in [0.5, 0.6) is 0 Å². The van der Waals surface area contributed by atoms with Gasteiger partial charge in [0.1, 0.15) is 0 Å². The molecule has 0 N–H and O–H groups in total. The van der Waals surface area contributed by atoms with Crippen molar-refractivity contribution >= 4 is 45.8 Å². The van der Waals surface area contributed by atoms with Gasteiger partial charge in [-0.15, -0.1) is 0 Å². The van der Waals surface area contributed by atoms with Crippen molar-refractivity contribution in [2.45, 2.75) is 32.9 Å². The number of para-hydroxylation sites is 2. The number of ketones is 2. The highest BCUT2D eigenvalue weighted by Gasteiger charge is 2.27. The van der Waals surface area contributed by atoms with E-state index in [4.69, 9.17) is 23.2 Å². The second-order valence-electron chi connectivity index (χ2n) is 7.69. The first-order valence-electron chi connectivity index (χ1n) is 10.6. The Bertz CT molecular complexity index is 1180. The zero-order valence-electron chi connectivity index (χ0n) is 17.7. The molecule has 1 aromatic heterocycles. The molecule has 0 saturated carbocycles. The first-order valence-corrected chi connectivity index (χ1v) is 11.3. The molecule has 4 aromatic rings. The zero-order valence-corrected chi connectivity index (χ0v) is 19.2. The van der Waals surface area contributed by atoms with Crippen LogP contribution in [0.25, 0.3) is 11.0 Å². The van der Waals surface area contributed by atoms with Crippen molar-refractivity contribution < 1.29 is 14.2 Å². The van der Waals surface area contributed by atoms with Gasteiger partial charge in [-0.05, 0) is 67.1 Å². The molecule has 0 spiro atoms. The molecular formula is C26H23Cl2N2O2+. The van der Waals surface area contributed by atoms with Crippen LogP contribution in [0, 0.1) is 0 Å². The Kier molecular flexibility index (Phi) is 6.73. The quantitative estimate of drug-likeness (QED) is 0.238. The summed E-state index contributed by atoms with van der Waals surface area (Å²) >= 11 is 11.9. The molecule has 0 saturated heterocycles. The summed E-state index contributed by atoms with van der Waals surface area (Å²) in [6.07, 6.45) is 1.64. The summed E-state index contributed by atoms with van der Waals surface area (Å²) in [7, 11) is 0. The average molecular weight is 466 g/mol. The van der Waals surface area contributed by atoms with E-state index in [1.165, 1.54) is 0 Å². The topological polar surface area (TPSA) is 43.0 Å². The van der Waals surface area contributed by atoms with Crippen molar-refractivity contribution in [1.82, 2.24) is 4.57 Å². The number of hydrogen-bond donors (Lipinski definition) is 0. The number of carbonyl (C=O) groups excluding carboxylic acids is 2. The van der Waals surface area contributed by atoms with Crippen LogP contribution in [-0.4, -0.2) is 16.1 Å². The highest BCUT2D eigenvalue weighted by Crippen LogP contribution is 2.19. The molecule has 0 fully saturated rings. The van der Waals surface area contributed by atoms with Gasteiger partial charge in [-0.2, -0.15) is 0 Å². The van der Waals surface area contributed by atoms with Crippen molar-refractivity contribution in [3.05, 3.63) is 99.8 Å². The molecular weight excluding hydrogens is 443 g/mol. The van der Waals surface area contributed by atoms with Gasteiger partial charge in [0.05, 0.1) is 0 Å². The minimum Gasteiger partial charge on any atom is -0.290 e. The van der Waals surface area contributed by atoms with Crippen LogP contribution < -0.4 is 4.57 Å². The molecule has 0 bridgehead atoms. The van der Waals surface area contributed by atoms with Crippen LogP contribution in [0.15, 0.2) is 72.8 Å². The number of aromatic nitrogens is 2. The summed E-state index contributed by atoms with van der Waals surface area (Å²) in [5.74, 6) is 0.949. The minimum atomic E-state index is -0.00375. The molecule has 0 atom stereocenters. The van der Waals surface area contributed by atoms with Gasteiger partial charge in [-0.3, -0.25) is 9.59 Å². The lowest BCUT2D eigenvalue weighted by molar-refractivity contribution is -0.665. The van der Waals surface area contributed by atoms with Crippen molar-refractivity contribution in [1.29, 1.82) is 0 Å². The Balaban J connectivity index is 1.75. The van der Waals surface area contributed by atoms with E-state index in [-0.39, 0.29) is 24.7 Å². The fourth-order valence-electron chi connectivity index (χ4n) is 3.93. The first-order chi connectivity index (χ1) is 15.5. The van der Waals surface area contributed by atoms with E-state index in [0.29, 0.717) is 21.2 Å². The second kappa shape index (κ2) is 9.68. The maximum absolute atomic E-state index is 13.1. The van der Waals surface area contributed by atoms with E-state index in [0.717, 1.165) is 29.7 Å². The third kappa shape index (κ3) is 4.62. The predicted octanol–water partition coefficient (Wildman–Crippen LogP) is 5.95. The lowest BCUT2D eigenvalue weighted by atomic mass is 10.1. The number of fused-ring (bicyclic) bond motifs is 1. The smallest absolute Gasteiger partial charge is 0.258 e. The van der Waals surface area contributed by atoms with Gasteiger partial charge in [0.25, 0.3) is 5.82 Å². The molecule has 0 amide bonds. The monoisotopic (exact) mass is 465 g/mol. The van der Waals surface area contributed by atoms with E-state index in [9.17, 15) is 9.59 Å². The molecule has 3 aromatic carbocycles. The van der Waals surface area contributed by atoms with Crippen LogP contribution in [0.4, 0.5) is 0 Å². The summed E-state index contributed by atoms with van der Waals surface area (Å²) in [6, 6.07) is 21.8. The van der Waals surface area contributed by atoms with Gasteiger partial charge < -0.3 is 0 Å². The Morgan fingerprint density at radius 3 is 1.97 bits per heavy atom. The molecule has 162 valence electrons. The molecule has 0 aliphatic carbocycles. The van der Waals surface area contributed by atoms with Crippen LogP contribution in [0.3, 0.4) is 0 Å². The number of imidazole rings is 1. The van der Waals surface area contributed by atoms with Crippen molar-refractivity contribution in [3.63, 3.8) is 0 Å². The summed E-state index contributed by atoms with van der Waals surface area (Å²) in [6.45, 7) is 2.48. The van der Waals surface area contributed by atoms with Gasteiger partial charge in [0, 0.05) is 27.6 Å². The number of halogens is 2. The third-order valence-corrected chi connectivity index (χ3v) is 6.00. The SMILES string of the molecule is CCCc1n(CC(=O)c2ccc(Cl)cc2)c2ccccc2[n+]1CC(=O)c1ccc(Cl)cc1. The van der Waals surface area contributed by atoms with E-state index >= 15 is 0 Å². The number of carbonyl (C=O) groups is 2. The highest BCUT2D eigenvalue weighted by molar-refractivity contribution is 6.31. The normalized spacial score (nSPS) is 11.1. The lowest BCUT2D eigenvalue weighted by Gasteiger charge is -2.05. The second-order valence-corrected chi connectivity index (χ2v) is 8.56. The number of hydrogen-bond acceptors (Lipinski definition) is 2. The summed E-state index contributed by atoms with van der Waals surface area (Å²) < 4.78 is 4.07. The molecule has 4 nitrogen and oxygen atoms in total. The van der Waals surface area contributed by atoms with Crippen LogP contribution >= 0.6 is 23.2 Å². The number of benzene rings is 3. The fourth-order valence-corrected chi connectivity index (χ4v) is 4.18. The summed E-state index contributed by atoms with van der Waals surface area (Å²) in [5.41, 5.74) is 3.08. The molecule has 4 rings (SSSR count). The van der Waals surface area contributed by atoms with Gasteiger partial charge >= 0.3 is 0 Å². The third-order valence-electron chi connectivity index (χ3n) is 5.50. The Morgan fingerprint density at radius 2 is 1.38 bits per heavy atom. The van der Waals surface area contributed by atoms with Crippen LogP contribution in [0.1, 0.15) is 39.9 Å². The molecule has 6 heteroatoms. The summed E-state index contributed by atoms with van der Waals surface area (Å²) in [4.78, 5) is 26.1. The molecule has 0 aliphatic rings. The molecule has 1 heterocycles. The number of nitrogens with zero attached hydrogens (tertiary/aromatic N) is 2. The maximum atomic E-state index is 13.1. The van der Waals surface area contributed by atoms with Crippen molar-refractivity contribution in [2.75, 3.05) is 0 Å². The number of Topliss-reactive ketones (excluding diaryl/α,β-unsaturated/α-hetero) is 2. The van der Waals surface area contributed by atoms with Gasteiger partial charge in [0.2, 0.25) is 11.6 Å². The molecule has 0 aliphatic heterocycles. The standard InChI is InChI=1S/C26H23Cl2N2O2/c1-2-5-26-29(16-24(31)18-8-12-20(27)13-9-18)22-6-3-4-7-23(22)30(26)17-25(32)19-10-14-21(28)15-11-19/h3-4,6-15H,2,5,16-17H2,1H3/q+1. The van der Waals surface area contributed by atoms with Crippen molar-refractivity contribution in [3.8, 4) is 0 Å². The fraction of sp³-hybridized carbons (Fsp3) is 0.192. The molecule has 0 unspecified atom stereocenters. The summed E-state index contributed by atoms with van der Waals surface area (Å²) in [5, 5.41) is 1.19. The predicted molar refractivity (Wildman–Crippen MR) is 128 cm³/mol. The van der Waals surface area contributed by atoms with Gasteiger partial charge in [-0.1, -0.05) is 42.3 Å². The van der Waals surface area contributed by atoms with E-state index in [1.807, 2.05) is 33.4 Å². The molecule has 0 radical (unpaired) electrons. The van der Waals surface area contributed by atoms with Gasteiger partial charge in [0.15, 0.2) is 24.1 Å². The van der Waals surface area contributed by atoms with Gasteiger partial charge in [-0.25, -0.2) is 9.13 Å². The van der Waals surface area contributed by atoms with E-state index in [2.05, 4.69) is 6.92 Å². The maximum Gasteiger partial charge on any atom is 0.258 e. The average Bonchev–Trinajstić information content (AvgIpc) is 3.07. The first kappa shape index (κ1) is 22.3. The van der Waals surface area contributed by atoms with Crippen molar-refractivity contribution in [2.24, 2.45) is 0 Å². The van der Waals surface area contributed by atoms with Crippen LogP contribution in [-0.2, 0) is 19.5 Å². The Labute approximate surface area is 197 Å². The largest absolute Gasteiger partial charge is 0.290 e. The molecule has 32 heavy (non-hydrogen) atoms. The minimum absolute atomic E-state index is 0.00375. The van der Waals surface area contributed by atoms with E-state index in [1.54, 1.807) is 48.5 Å². The lowest BCUT2D eigenvalue weighted by Crippen LogP contribution is -2.42. The highest BCUT2D eigenvalue weighted by atomic mass is 35.5. The number of rotatable bonds is 8. The zero-order chi connectivity index (χ0) is 22.7. The van der Waals surface area contributed by atoms with E-state index < -0.39 is 0 Å².